The monoisotopic (exact) mass is 357 g/mol. The highest BCUT2D eigenvalue weighted by Crippen LogP contribution is 2.21. The molecule has 1 unspecified atom stereocenters. The summed E-state index contributed by atoms with van der Waals surface area (Å²) in [5, 5.41) is 6.28. The van der Waals surface area contributed by atoms with Crippen molar-refractivity contribution >= 4 is 46.9 Å². The lowest BCUT2D eigenvalue weighted by Crippen LogP contribution is -2.39. The van der Waals surface area contributed by atoms with E-state index in [4.69, 9.17) is 9.15 Å². The van der Waals surface area contributed by atoms with Crippen molar-refractivity contribution in [1.29, 1.82) is 0 Å². The molecule has 0 spiro atoms. The minimum absolute atomic E-state index is 0. The Balaban J connectivity index is 0.00000192. The number of anilines is 1. The number of oxazole rings is 1. The largest absolute Gasteiger partial charge is 0.438 e. The zero-order valence-corrected chi connectivity index (χ0v) is 14.5. The highest BCUT2D eigenvalue weighted by atomic mass is 35.5. The number of amides is 1. The number of aromatic nitrogens is 1. The lowest BCUT2D eigenvalue weighted by Gasteiger charge is -2.22. The maximum atomic E-state index is 12.1. The van der Waals surface area contributed by atoms with Gasteiger partial charge < -0.3 is 19.8 Å². The molecule has 2 N–H and O–H groups in total. The van der Waals surface area contributed by atoms with Crippen LogP contribution in [-0.2, 0) is 16.1 Å². The van der Waals surface area contributed by atoms with E-state index in [1.54, 1.807) is 7.11 Å². The lowest BCUT2D eigenvalue weighted by molar-refractivity contribution is -0.116. The normalized spacial score (nSPS) is 17.7. The fourth-order valence-corrected chi connectivity index (χ4v) is 3.37. The summed E-state index contributed by atoms with van der Waals surface area (Å²) in [6, 6.07) is 5.71. The minimum atomic E-state index is 0. The second-order valence-electron chi connectivity index (χ2n) is 5.20. The molecule has 1 saturated heterocycles. The molecule has 23 heavy (non-hydrogen) atoms. The van der Waals surface area contributed by atoms with Crippen LogP contribution in [0, 0.1) is 0 Å². The maximum Gasteiger partial charge on any atom is 0.225 e. The molecule has 1 aliphatic heterocycles. The molecule has 0 saturated carbocycles. The first-order valence-corrected chi connectivity index (χ1v) is 8.39. The fraction of sp³-hybridized carbons (Fsp3) is 0.467. The van der Waals surface area contributed by atoms with E-state index >= 15 is 0 Å². The Hall–Kier alpha value is -1.28. The number of benzene rings is 1. The molecule has 126 valence electrons. The van der Waals surface area contributed by atoms with Gasteiger partial charge in [-0.3, -0.25) is 4.79 Å². The van der Waals surface area contributed by atoms with E-state index in [2.05, 4.69) is 15.6 Å². The van der Waals surface area contributed by atoms with Crippen molar-refractivity contribution in [2.75, 3.05) is 30.5 Å². The fourth-order valence-electron chi connectivity index (χ4n) is 2.42. The summed E-state index contributed by atoms with van der Waals surface area (Å²) in [5.41, 5.74) is 2.14. The van der Waals surface area contributed by atoms with E-state index in [0.29, 0.717) is 24.5 Å². The number of carbonyl (C=O) groups excluding carboxylic acids is 1. The Labute approximate surface area is 145 Å². The van der Waals surface area contributed by atoms with E-state index in [-0.39, 0.29) is 24.4 Å². The quantitative estimate of drug-likeness (QED) is 0.855. The number of nitrogens with zero attached hydrogens (tertiary/aromatic N) is 1. The first kappa shape index (κ1) is 18.1. The summed E-state index contributed by atoms with van der Waals surface area (Å²) in [5.74, 6) is 2.64. The molecule has 6 nitrogen and oxygen atoms in total. The van der Waals surface area contributed by atoms with Crippen molar-refractivity contribution in [2.45, 2.75) is 19.1 Å². The molecule has 1 amide bonds. The number of hydrogen-bond donors (Lipinski definition) is 2. The van der Waals surface area contributed by atoms with Gasteiger partial charge in [0, 0.05) is 43.3 Å². The van der Waals surface area contributed by atoms with Gasteiger partial charge in [0.2, 0.25) is 11.8 Å². The Morgan fingerprint density at radius 1 is 1.57 bits per heavy atom. The van der Waals surface area contributed by atoms with Gasteiger partial charge in [-0.1, -0.05) is 0 Å². The summed E-state index contributed by atoms with van der Waals surface area (Å²) in [6.07, 6.45) is 0.485. The van der Waals surface area contributed by atoms with Crippen molar-refractivity contribution < 1.29 is 13.9 Å². The first-order chi connectivity index (χ1) is 10.7. The Kier molecular flexibility index (Phi) is 6.71. The smallest absolute Gasteiger partial charge is 0.225 e. The summed E-state index contributed by atoms with van der Waals surface area (Å²) in [4.78, 5) is 16.4. The highest BCUT2D eigenvalue weighted by Gasteiger charge is 2.17. The first-order valence-electron chi connectivity index (χ1n) is 7.24. The van der Waals surface area contributed by atoms with Crippen LogP contribution in [0.5, 0.6) is 0 Å². The number of methoxy groups -OCH3 is 1. The summed E-state index contributed by atoms with van der Waals surface area (Å²) in [7, 11) is 1.60. The second-order valence-corrected chi connectivity index (χ2v) is 6.35. The van der Waals surface area contributed by atoms with E-state index in [1.807, 2.05) is 30.0 Å². The molecule has 0 radical (unpaired) electrons. The van der Waals surface area contributed by atoms with Crippen LogP contribution >= 0.6 is 24.2 Å². The van der Waals surface area contributed by atoms with Crippen molar-refractivity contribution in [3.05, 3.63) is 24.1 Å². The maximum absolute atomic E-state index is 12.1. The third-order valence-corrected chi connectivity index (χ3v) is 4.54. The molecular formula is C15H20ClN3O3S. The minimum Gasteiger partial charge on any atom is -0.438 e. The molecular weight excluding hydrogens is 338 g/mol. The highest BCUT2D eigenvalue weighted by molar-refractivity contribution is 7.99. The van der Waals surface area contributed by atoms with Crippen molar-refractivity contribution in [2.24, 2.45) is 0 Å². The van der Waals surface area contributed by atoms with Crippen LogP contribution < -0.4 is 10.6 Å². The SMILES string of the molecule is COCc1nc2cc(NC(=O)CC3CSCCN3)ccc2o1.Cl. The van der Waals surface area contributed by atoms with Crippen LogP contribution in [0.1, 0.15) is 12.3 Å². The molecule has 2 heterocycles. The van der Waals surface area contributed by atoms with Gasteiger partial charge in [-0.15, -0.1) is 12.4 Å². The zero-order valence-electron chi connectivity index (χ0n) is 12.8. The standard InChI is InChI=1S/C15H19N3O3S.ClH/c1-20-8-15-18-12-6-10(2-3-13(12)21-15)17-14(19)7-11-9-22-5-4-16-11;/h2-3,6,11,16H,4-5,7-9H2,1H3,(H,17,19);1H. The molecule has 0 bridgehead atoms. The summed E-state index contributed by atoms with van der Waals surface area (Å²) in [6.45, 7) is 1.30. The van der Waals surface area contributed by atoms with E-state index in [1.165, 1.54) is 0 Å². The third kappa shape index (κ3) is 4.84. The van der Waals surface area contributed by atoms with Gasteiger partial charge in [0.1, 0.15) is 12.1 Å². The topological polar surface area (TPSA) is 76.4 Å². The van der Waals surface area contributed by atoms with Gasteiger partial charge in [0.25, 0.3) is 0 Å². The Bertz CT molecular complexity index is 658. The van der Waals surface area contributed by atoms with Crippen molar-refractivity contribution in [1.82, 2.24) is 10.3 Å². The Morgan fingerprint density at radius 3 is 3.17 bits per heavy atom. The number of carbonyl (C=O) groups is 1. The predicted octanol–water partition coefficient (Wildman–Crippen LogP) is 2.43. The van der Waals surface area contributed by atoms with Gasteiger partial charge in [-0.05, 0) is 18.2 Å². The molecule has 0 aliphatic carbocycles. The number of halogens is 1. The van der Waals surface area contributed by atoms with E-state index < -0.39 is 0 Å². The summed E-state index contributed by atoms with van der Waals surface area (Å²) < 4.78 is 10.5. The van der Waals surface area contributed by atoms with Crippen LogP contribution in [-0.4, -0.2) is 42.1 Å². The lowest BCUT2D eigenvalue weighted by atomic mass is 10.2. The van der Waals surface area contributed by atoms with Gasteiger partial charge >= 0.3 is 0 Å². The number of thioether (sulfide) groups is 1. The van der Waals surface area contributed by atoms with Crippen LogP contribution in [0.3, 0.4) is 0 Å². The predicted molar refractivity (Wildman–Crippen MR) is 94.3 cm³/mol. The number of fused-ring (bicyclic) bond motifs is 1. The number of ether oxygens (including phenoxy) is 1. The van der Waals surface area contributed by atoms with Crippen LogP contribution in [0.4, 0.5) is 5.69 Å². The van der Waals surface area contributed by atoms with Gasteiger partial charge in [0.05, 0.1) is 0 Å². The average Bonchev–Trinajstić information content (AvgIpc) is 2.90. The molecule has 1 aromatic carbocycles. The van der Waals surface area contributed by atoms with Crippen molar-refractivity contribution in [3.8, 4) is 0 Å². The third-order valence-electron chi connectivity index (χ3n) is 3.41. The molecule has 1 atom stereocenters. The zero-order chi connectivity index (χ0) is 15.4. The van der Waals surface area contributed by atoms with Crippen LogP contribution in [0.2, 0.25) is 0 Å². The molecule has 3 rings (SSSR count). The second kappa shape index (κ2) is 8.54. The number of nitrogens with one attached hydrogen (secondary N) is 2. The summed E-state index contributed by atoms with van der Waals surface area (Å²) >= 11 is 1.88. The number of hydrogen-bond acceptors (Lipinski definition) is 6. The molecule has 1 aliphatic rings. The molecule has 1 aromatic heterocycles. The molecule has 1 fully saturated rings. The molecule has 2 aromatic rings. The van der Waals surface area contributed by atoms with Crippen LogP contribution in [0.15, 0.2) is 22.6 Å². The van der Waals surface area contributed by atoms with Crippen molar-refractivity contribution in [3.63, 3.8) is 0 Å². The molecule has 8 heteroatoms. The average molecular weight is 358 g/mol. The van der Waals surface area contributed by atoms with E-state index in [0.717, 1.165) is 29.3 Å². The number of rotatable bonds is 5. The van der Waals surface area contributed by atoms with Gasteiger partial charge in [-0.2, -0.15) is 11.8 Å². The van der Waals surface area contributed by atoms with E-state index in [9.17, 15) is 4.79 Å². The Morgan fingerprint density at radius 2 is 2.43 bits per heavy atom. The van der Waals surface area contributed by atoms with Gasteiger partial charge in [0.15, 0.2) is 5.58 Å². The van der Waals surface area contributed by atoms with Crippen LogP contribution in [0.25, 0.3) is 11.1 Å². The van der Waals surface area contributed by atoms with Gasteiger partial charge in [-0.25, -0.2) is 4.98 Å².